The predicted octanol–water partition coefficient (Wildman–Crippen LogP) is 2.78. The van der Waals surface area contributed by atoms with E-state index < -0.39 is 11.6 Å². The van der Waals surface area contributed by atoms with E-state index in [9.17, 15) is 8.78 Å². The van der Waals surface area contributed by atoms with Crippen molar-refractivity contribution in [3.8, 4) is 0 Å². The first-order valence-corrected chi connectivity index (χ1v) is 5.50. The zero-order valence-corrected chi connectivity index (χ0v) is 9.50. The largest absolute Gasteiger partial charge is 0.399 e. The topological polar surface area (TPSA) is 29.3 Å². The van der Waals surface area contributed by atoms with Gasteiger partial charge in [-0.3, -0.25) is 0 Å². The average Bonchev–Trinajstić information content (AvgIpc) is 2.43. The minimum absolute atomic E-state index is 0.0612. The molecule has 0 amide bonds. The van der Waals surface area contributed by atoms with E-state index in [1.165, 1.54) is 12.1 Å². The first kappa shape index (κ1) is 11.2. The fourth-order valence-corrected chi connectivity index (χ4v) is 2.47. The van der Waals surface area contributed by atoms with Gasteiger partial charge in [0, 0.05) is 18.3 Å². The van der Waals surface area contributed by atoms with Crippen molar-refractivity contribution in [2.24, 2.45) is 5.92 Å². The van der Waals surface area contributed by atoms with Crippen molar-refractivity contribution in [2.75, 3.05) is 17.2 Å². The molecule has 16 heavy (non-hydrogen) atoms. The highest BCUT2D eigenvalue weighted by molar-refractivity contribution is 5.57. The molecule has 1 aliphatic heterocycles. The quantitative estimate of drug-likeness (QED) is 0.746. The van der Waals surface area contributed by atoms with Gasteiger partial charge in [-0.25, -0.2) is 8.78 Å². The molecule has 2 nitrogen and oxygen atoms in total. The van der Waals surface area contributed by atoms with Crippen molar-refractivity contribution in [1.29, 1.82) is 0 Å². The van der Waals surface area contributed by atoms with Crippen LogP contribution in [-0.2, 0) is 0 Å². The molecule has 1 fully saturated rings. The lowest BCUT2D eigenvalue weighted by Crippen LogP contribution is -2.28. The van der Waals surface area contributed by atoms with Crippen LogP contribution in [0.2, 0.25) is 0 Å². The highest BCUT2D eigenvalue weighted by atomic mass is 19.1. The van der Waals surface area contributed by atoms with Crippen molar-refractivity contribution in [3.05, 3.63) is 23.8 Å². The molecule has 1 heterocycles. The number of rotatable bonds is 1. The lowest BCUT2D eigenvalue weighted by atomic mass is 10.1. The lowest BCUT2D eigenvalue weighted by molar-refractivity contribution is 0.568. The second kappa shape index (κ2) is 3.92. The van der Waals surface area contributed by atoms with E-state index in [4.69, 9.17) is 5.73 Å². The van der Waals surface area contributed by atoms with Crippen LogP contribution in [0.1, 0.15) is 20.3 Å². The van der Waals surface area contributed by atoms with E-state index in [0.717, 1.165) is 6.42 Å². The summed E-state index contributed by atoms with van der Waals surface area (Å²) in [5, 5.41) is 0. The SMILES string of the molecule is CC1CC(C)N(c2c(F)cc(N)cc2F)C1. The second-order valence-corrected chi connectivity index (χ2v) is 4.68. The fourth-order valence-electron chi connectivity index (χ4n) is 2.47. The summed E-state index contributed by atoms with van der Waals surface area (Å²) in [6.07, 6.45) is 0.962. The van der Waals surface area contributed by atoms with Crippen LogP contribution < -0.4 is 10.6 Å². The van der Waals surface area contributed by atoms with Crippen LogP contribution in [0.15, 0.2) is 12.1 Å². The average molecular weight is 226 g/mol. The van der Waals surface area contributed by atoms with E-state index >= 15 is 0 Å². The van der Waals surface area contributed by atoms with Gasteiger partial charge in [0.2, 0.25) is 0 Å². The van der Waals surface area contributed by atoms with Gasteiger partial charge >= 0.3 is 0 Å². The van der Waals surface area contributed by atoms with E-state index in [1.807, 2.05) is 6.92 Å². The first-order valence-electron chi connectivity index (χ1n) is 5.50. The molecule has 2 rings (SSSR count). The Morgan fingerprint density at radius 1 is 1.25 bits per heavy atom. The summed E-state index contributed by atoms with van der Waals surface area (Å²) < 4.78 is 27.4. The molecule has 0 saturated carbocycles. The molecule has 4 heteroatoms. The summed E-state index contributed by atoms with van der Waals surface area (Å²) in [7, 11) is 0. The van der Waals surface area contributed by atoms with Crippen LogP contribution in [0.4, 0.5) is 20.2 Å². The summed E-state index contributed by atoms with van der Waals surface area (Å²) in [6.45, 7) is 4.77. The van der Waals surface area contributed by atoms with Gasteiger partial charge in [-0.15, -0.1) is 0 Å². The second-order valence-electron chi connectivity index (χ2n) is 4.68. The maximum absolute atomic E-state index is 13.7. The first-order chi connectivity index (χ1) is 7.49. The van der Waals surface area contributed by atoms with Crippen LogP contribution in [0.3, 0.4) is 0 Å². The van der Waals surface area contributed by atoms with E-state index in [2.05, 4.69) is 6.92 Å². The molecule has 0 radical (unpaired) electrons. The number of nitrogen functional groups attached to an aromatic ring is 1. The molecule has 2 atom stereocenters. The minimum atomic E-state index is -0.571. The molecule has 1 aromatic carbocycles. The molecule has 0 aliphatic carbocycles. The molecular weight excluding hydrogens is 210 g/mol. The monoisotopic (exact) mass is 226 g/mol. The molecule has 0 aromatic heterocycles. The Kier molecular flexibility index (Phi) is 2.74. The van der Waals surface area contributed by atoms with E-state index in [-0.39, 0.29) is 17.4 Å². The zero-order valence-electron chi connectivity index (χ0n) is 9.50. The smallest absolute Gasteiger partial charge is 0.151 e. The number of hydrogen-bond acceptors (Lipinski definition) is 2. The van der Waals surface area contributed by atoms with Crippen LogP contribution in [0.25, 0.3) is 0 Å². The highest BCUT2D eigenvalue weighted by Crippen LogP contribution is 2.33. The van der Waals surface area contributed by atoms with Crippen LogP contribution in [0.5, 0.6) is 0 Å². The van der Waals surface area contributed by atoms with Crippen LogP contribution in [-0.4, -0.2) is 12.6 Å². The fraction of sp³-hybridized carbons (Fsp3) is 0.500. The molecule has 0 bridgehead atoms. The Morgan fingerprint density at radius 2 is 1.81 bits per heavy atom. The summed E-state index contributed by atoms with van der Waals surface area (Å²) >= 11 is 0. The minimum Gasteiger partial charge on any atom is -0.399 e. The van der Waals surface area contributed by atoms with Crippen molar-refractivity contribution in [3.63, 3.8) is 0 Å². The number of nitrogens with two attached hydrogens (primary N) is 1. The third kappa shape index (κ3) is 1.84. The highest BCUT2D eigenvalue weighted by Gasteiger charge is 2.30. The van der Waals surface area contributed by atoms with Crippen molar-refractivity contribution in [1.82, 2.24) is 0 Å². The van der Waals surface area contributed by atoms with Gasteiger partial charge < -0.3 is 10.6 Å². The number of nitrogens with zero attached hydrogens (tertiary/aromatic N) is 1. The van der Waals surface area contributed by atoms with Crippen molar-refractivity contribution in [2.45, 2.75) is 26.3 Å². The number of hydrogen-bond donors (Lipinski definition) is 1. The molecule has 2 unspecified atom stereocenters. The maximum atomic E-state index is 13.7. The van der Waals surface area contributed by atoms with Gasteiger partial charge in [-0.05, 0) is 31.4 Å². The van der Waals surface area contributed by atoms with Crippen LogP contribution >= 0.6 is 0 Å². The number of halogens is 2. The van der Waals surface area contributed by atoms with Crippen molar-refractivity contribution < 1.29 is 8.78 Å². The molecule has 1 saturated heterocycles. The zero-order chi connectivity index (χ0) is 11.9. The molecular formula is C12H16F2N2. The Morgan fingerprint density at radius 3 is 2.25 bits per heavy atom. The van der Waals surface area contributed by atoms with Gasteiger partial charge in [-0.2, -0.15) is 0 Å². The Balaban J connectivity index is 2.40. The lowest BCUT2D eigenvalue weighted by Gasteiger charge is -2.25. The number of benzene rings is 1. The maximum Gasteiger partial charge on any atom is 0.151 e. The standard InChI is InChI=1S/C12H16F2N2/c1-7-3-8(2)16(6-7)12-10(13)4-9(15)5-11(12)14/h4-5,7-8H,3,6,15H2,1-2H3. The molecule has 0 spiro atoms. The summed E-state index contributed by atoms with van der Waals surface area (Å²) in [5.41, 5.74) is 5.58. The third-order valence-corrected chi connectivity index (χ3v) is 3.11. The van der Waals surface area contributed by atoms with Crippen LogP contribution in [0, 0.1) is 17.6 Å². The van der Waals surface area contributed by atoms with Gasteiger partial charge in [0.05, 0.1) is 0 Å². The van der Waals surface area contributed by atoms with E-state index in [1.54, 1.807) is 4.90 Å². The van der Waals surface area contributed by atoms with Crippen molar-refractivity contribution >= 4 is 11.4 Å². The molecule has 1 aliphatic rings. The number of anilines is 2. The summed E-state index contributed by atoms with van der Waals surface area (Å²) in [4.78, 5) is 1.79. The normalized spacial score (nSPS) is 25.1. The van der Waals surface area contributed by atoms with Gasteiger partial charge in [0.25, 0.3) is 0 Å². The molecule has 2 N–H and O–H groups in total. The Bertz CT molecular complexity index is 383. The Labute approximate surface area is 94.0 Å². The van der Waals surface area contributed by atoms with Gasteiger partial charge in [0.15, 0.2) is 11.6 Å². The van der Waals surface area contributed by atoms with Gasteiger partial charge in [-0.1, -0.05) is 6.92 Å². The third-order valence-electron chi connectivity index (χ3n) is 3.11. The van der Waals surface area contributed by atoms with E-state index in [0.29, 0.717) is 12.5 Å². The molecule has 1 aromatic rings. The van der Waals surface area contributed by atoms with Gasteiger partial charge in [0.1, 0.15) is 5.69 Å². The predicted molar refractivity (Wildman–Crippen MR) is 61.4 cm³/mol. The summed E-state index contributed by atoms with van der Waals surface area (Å²) in [6, 6.07) is 2.52. The summed E-state index contributed by atoms with van der Waals surface area (Å²) in [5.74, 6) is -0.678. The molecule has 88 valence electrons. The Hall–Kier alpha value is -1.32.